The summed E-state index contributed by atoms with van der Waals surface area (Å²) in [6.45, 7) is 7.12. The molecule has 26 heavy (non-hydrogen) atoms. The Labute approximate surface area is 162 Å². The van der Waals surface area contributed by atoms with E-state index >= 15 is 0 Å². The lowest BCUT2D eigenvalue weighted by atomic mass is 10.1. The van der Waals surface area contributed by atoms with Crippen molar-refractivity contribution in [1.29, 1.82) is 0 Å². The molecule has 6 nitrogen and oxygen atoms in total. The molecule has 1 fully saturated rings. The molecular formula is C18H22ClN3O3S. The normalized spacial score (nSPS) is 14.3. The molecule has 2 heterocycles. The Kier molecular flexibility index (Phi) is 6.34. The van der Waals surface area contributed by atoms with E-state index in [1.54, 1.807) is 11.1 Å². The third-order valence-corrected chi connectivity index (χ3v) is 5.27. The van der Waals surface area contributed by atoms with Crippen molar-refractivity contribution in [2.24, 2.45) is 0 Å². The van der Waals surface area contributed by atoms with Gasteiger partial charge in [-0.3, -0.25) is 4.79 Å². The number of nitrogens with one attached hydrogen (secondary N) is 1. The number of morpholine rings is 1. The second kappa shape index (κ2) is 8.70. The van der Waals surface area contributed by atoms with Crippen LogP contribution in [0.1, 0.15) is 16.0 Å². The fourth-order valence-electron chi connectivity index (χ4n) is 2.87. The summed E-state index contributed by atoms with van der Waals surface area (Å²) >= 11 is 7.31. The Balaban J connectivity index is 1.58. The van der Waals surface area contributed by atoms with Crippen molar-refractivity contribution in [3.63, 3.8) is 0 Å². The van der Waals surface area contributed by atoms with Gasteiger partial charge < -0.3 is 19.7 Å². The summed E-state index contributed by atoms with van der Waals surface area (Å²) in [5.41, 5.74) is 2.98. The number of nitrogens with zero attached hydrogens (tertiary/aromatic N) is 2. The number of rotatable bonds is 6. The molecule has 1 aliphatic heterocycles. The van der Waals surface area contributed by atoms with Gasteiger partial charge in [0.25, 0.3) is 5.91 Å². The lowest BCUT2D eigenvalue weighted by molar-refractivity contribution is -0.137. The molecule has 3 rings (SSSR count). The van der Waals surface area contributed by atoms with E-state index in [1.807, 2.05) is 26.0 Å². The number of ether oxygens (including phenoxy) is 2. The first kappa shape index (κ1) is 18.9. The van der Waals surface area contributed by atoms with E-state index in [0.717, 1.165) is 27.4 Å². The topological polar surface area (TPSA) is 63.7 Å². The van der Waals surface area contributed by atoms with Crippen LogP contribution in [0.4, 0.5) is 5.69 Å². The number of amides is 1. The number of aryl methyl sites for hydroxylation is 2. The van der Waals surface area contributed by atoms with Crippen LogP contribution < -0.4 is 10.1 Å². The van der Waals surface area contributed by atoms with Crippen LogP contribution >= 0.6 is 22.9 Å². The van der Waals surface area contributed by atoms with Crippen molar-refractivity contribution < 1.29 is 14.3 Å². The average Bonchev–Trinajstić information content (AvgIpc) is 3.05. The van der Waals surface area contributed by atoms with Crippen molar-refractivity contribution in [2.75, 3.05) is 38.2 Å². The SMILES string of the molecule is Cc1cc(NCc2cnc(Cl)s2)cc(C)c1OCC(=O)N1CCOCC1. The van der Waals surface area contributed by atoms with E-state index in [1.165, 1.54) is 11.3 Å². The zero-order valence-corrected chi connectivity index (χ0v) is 16.5. The van der Waals surface area contributed by atoms with Gasteiger partial charge in [0.2, 0.25) is 0 Å². The molecule has 1 aliphatic rings. The van der Waals surface area contributed by atoms with E-state index in [2.05, 4.69) is 10.3 Å². The predicted octanol–water partition coefficient (Wildman–Crippen LogP) is 3.26. The molecule has 0 bridgehead atoms. The van der Waals surface area contributed by atoms with E-state index < -0.39 is 0 Å². The number of halogens is 1. The molecule has 0 atom stereocenters. The molecule has 1 aromatic heterocycles. The number of aromatic nitrogens is 1. The molecule has 0 saturated carbocycles. The predicted molar refractivity (Wildman–Crippen MR) is 103 cm³/mol. The van der Waals surface area contributed by atoms with Crippen molar-refractivity contribution in [2.45, 2.75) is 20.4 Å². The summed E-state index contributed by atoms with van der Waals surface area (Å²) in [4.78, 5) is 19.1. The molecule has 0 radical (unpaired) electrons. The fourth-order valence-corrected chi connectivity index (χ4v) is 3.79. The van der Waals surface area contributed by atoms with Crippen LogP contribution in [0, 0.1) is 13.8 Å². The fraction of sp³-hybridized carbons (Fsp3) is 0.444. The third kappa shape index (κ3) is 4.87. The molecule has 0 aliphatic carbocycles. The Morgan fingerprint density at radius 1 is 1.35 bits per heavy atom. The highest BCUT2D eigenvalue weighted by Crippen LogP contribution is 2.28. The van der Waals surface area contributed by atoms with Crippen molar-refractivity contribution in [3.05, 3.63) is 38.8 Å². The highest BCUT2D eigenvalue weighted by molar-refractivity contribution is 7.15. The standard InChI is InChI=1S/C18H22ClN3O3S/c1-12-7-14(20-9-15-10-21-18(19)26-15)8-13(2)17(12)25-11-16(23)22-3-5-24-6-4-22/h7-8,10,20H,3-6,9,11H2,1-2H3. The van der Waals surface area contributed by atoms with E-state index in [0.29, 0.717) is 37.3 Å². The van der Waals surface area contributed by atoms with Crippen LogP contribution in [0.2, 0.25) is 4.47 Å². The molecular weight excluding hydrogens is 374 g/mol. The smallest absolute Gasteiger partial charge is 0.260 e. The summed E-state index contributed by atoms with van der Waals surface area (Å²) in [7, 11) is 0. The second-order valence-electron chi connectivity index (χ2n) is 6.15. The summed E-state index contributed by atoms with van der Waals surface area (Å²) in [6.07, 6.45) is 1.77. The molecule has 1 amide bonds. The third-order valence-electron chi connectivity index (χ3n) is 4.16. The maximum Gasteiger partial charge on any atom is 0.260 e. The van der Waals surface area contributed by atoms with Crippen molar-refractivity contribution >= 4 is 34.5 Å². The molecule has 1 N–H and O–H groups in total. The minimum atomic E-state index is -0.00336. The largest absolute Gasteiger partial charge is 0.483 e. The van der Waals surface area contributed by atoms with Gasteiger partial charge in [-0.25, -0.2) is 4.98 Å². The summed E-state index contributed by atoms with van der Waals surface area (Å²) in [5.74, 6) is 0.759. The number of thiazole rings is 1. The lowest BCUT2D eigenvalue weighted by Crippen LogP contribution is -2.43. The van der Waals surface area contributed by atoms with Crippen molar-refractivity contribution in [1.82, 2.24) is 9.88 Å². The van der Waals surface area contributed by atoms with E-state index in [4.69, 9.17) is 21.1 Å². The van der Waals surface area contributed by atoms with Gasteiger partial charge in [0.05, 0.1) is 19.8 Å². The number of hydrogen-bond acceptors (Lipinski definition) is 6. The van der Waals surface area contributed by atoms with Crippen molar-refractivity contribution in [3.8, 4) is 5.75 Å². The van der Waals surface area contributed by atoms with Gasteiger partial charge in [-0.05, 0) is 37.1 Å². The van der Waals surface area contributed by atoms with E-state index in [9.17, 15) is 4.79 Å². The molecule has 0 unspecified atom stereocenters. The van der Waals surface area contributed by atoms with Gasteiger partial charge in [-0.1, -0.05) is 11.6 Å². The van der Waals surface area contributed by atoms with E-state index in [-0.39, 0.29) is 12.5 Å². The average molecular weight is 396 g/mol. The first-order valence-electron chi connectivity index (χ1n) is 8.46. The molecule has 0 spiro atoms. The van der Waals surface area contributed by atoms with Crippen LogP contribution in [0.3, 0.4) is 0 Å². The molecule has 140 valence electrons. The number of anilines is 1. The van der Waals surface area contributed by atoms with Crippen LogP contribution in [-0.2, 0) is 16.1 Å². The van der Waals surface area contributed by atoms with Crippen LogP contribution in [0.15, 0.2) is 18.3 Å². The van der Waals surface area contributed by atoms with Crippen LogP contribution in [0.5, 0.6) is 5.75 Å². The maximum absolute atomic E-state index is 12.2. The number of carbonyl (C=O) groups excluding carboxylic acids is 1. The zero-order chi connectivity index (χ0) is 18.5. The summed E-state index contributed by atoms with van der Waals surface area (Å²) in [6, 6.07) is 4.04. The maximum atomic E-state index is 12.2. The molecule has 1 saturated heterocycles. The number of hydrogen-bond donors (Lipinski definition) is 1. The summed E-state index contributed by atoms with van der Waals surface area (Å²) in [5, 5.41) is 3.37. The van der Waals surface area contributed by atoms with Crippen LogP contribution in [0.25, 0.3) is 0 Å². The number of benzene rings is 1. The van der Waals surface area contributed by atoms with Gasteiger partial charge in [0.15, 0.2) is 11.1 Å². The van der Waals surface area contributed by atoms with Gasteiger partial charge in [0.1, 0.15) is 5.75 Å². The second-order valence-corrected chi connectivity index (χ2v) is 7.85. The molecule has 1 aromatic carbocycles. The van der Waals surface area contributed by atoms with Gasteiger partial charge in [0, 0.05) is 29.9 Å². The Morgan fingerprint density at radius 2 is 2.04 bits per heavy atom. The zero-order valence-electron chi connectivity index (χ0n) is 14.9. The quantitative estimate of drug-likeness (QED) is 0.813. The lowest BCUT2D eigenvalue weighted by Gasteiger charge is -2.27. The van der Waals surface area contributed by atoms with Crippen LogP contribution in [-0.4, -0.2) is 48.7 Å². The van der Waals surface area contributed by atoms with Gasteiger partial charge in [-0.2, -0.15) is 0 Å². The molecule has 2 aromatic rings. The Hall–Kier alpha value is -1.83. The van der Waals surface area contributed by atoms with Gasteiger partial charge >= 0.3 is 0 Å². The summed E-state index contributed by atoms with van der Waals surface area (Å²) < 4.78 is 11.6. The molecule has 8 heteroatoms. The minimum absolute atomic E-state index is 0.00336. The first-order valence-corrected chi connectivity index (χ1v) is 9.66. The first-order chi connectivity index (χ1) is 12.5. The number of carbonyl (C=O) groups is 1. The Morgan fingerprint density at radius 3 is 2.65 bits per heavy atom. The highest BCUT2D eigenvalue weighted by atomic mass is 35.5. The highest BCUT2D eigenvalue weighted by Gasteiger charge is 2.18. The van der Waals surface area contributed by atoms with Gasteiger partial charge in [-0.15, -0.1) is 11.3 Å². The Bertz CT molecular complexity index is 752. The minimum Gasteiger partial charge on any atom is -0.483 e. The monoisotopic (exact) mass is 395 g/mol.